The number of ether oxygens (including phenoxy) is 1. The van der Waals surface area contributed by atoms with Gasteiger partial charge in [0.2, 0.25) is 5.91 Å². The highest BCUT2D eigenvalue weighted by molar-refractivity contribution is 6.00. The molecule has 1 unspecified atom stereocenters. The molecule has 2 aromatic carbocycles. The maximum absolute atomic E-state index is 12.4. The molecule has 2 aromatic rings. The summed E-state index contributed by atoms with van der Waals surface area (Å²) >= 11 is 0. The van der Waals surface area contributed by atoms with Crippen molar-refractivity contribution in [3.63, 3.8) is 0 Å². The Kier molecular flexibility index (Phi) is 6.32. The van der Waals surface area contributed by atoms with Gasteiger partial charge in [0.1, 0.15) is 0 Å². The Labute approximate surface area is 170 Å². The van der Waals surface area contributed by atoms with E-state index in [1.165, 1.54) is 5.56 Å². The molecule has 0 aromatic heterocycles. The van der Waals surface area contributed by atoms with Crippen LogP contribution in [0.5, 0.6) is 0 Å². The third-order valence-electron chi connectivity index (χ3n) is 5.12. The van der Waals surface area contributed by atoms with Crippen molar-refractivity contribution in [2.45, 2.75) is 33.6 Å². The average Bonchev–Trinajstić information content (AvgIpc) is 3.10. The van der Waals surface area contributed by atoms with Crippen LogP contribution in [0, 0.1) is 19.8 Å². The SMILES string of the molecule is CCc1ccc(N2CC(C(=O)OCC(=O)Nc3ccc(C)cc3C)CC2=O)cc1. The molecule has 152 valence electrons. The summed E-state index contributed by atoms with van der Waals surface area (Å²) in [5.41, 5.74) is 4.69. The van der Waals surface area contributed by atoms with E-state index in [1.807, 2.05) is 56.3 Å². The van der Waals surface area contributed by atoms with E-state index < -0.39 is 17.8 Å². The van der Waals surface area contributed by atoms with Crippen LogP contribution < -0.4 is 10.2 Å². The minimum Gasteiger partial charge on any atom is -0.455 e. The van der Waals surface area contributed by atoms with E-state index in [9.17, 15) is 14.4 Å². The first-order valence-corrected chi connectivity index (χ1v) is 9.80. The van der Waals surface area contributed by atoms with Gasteiger partial charge in [-0.15, -0.1) is 0 Å². The van der Waals surface area contributed by atoms with Crippen molar-refractivity contribution < 1.29 is 19.1 Å². The lowest BCUT2D eigenvalue weighted by molar-refractivity contribution is -0.151. The second-order valence-electron chi connectivity index (χ2n) is 7.40. The van der Waals surface area contributed by atoms with E-state index in [0.29, 0.717) is 5.69 Å². The summed E-state index contributed by atoms with van der Waals surface area (Å²) in [5.74, 6) is -1.61. The van der Waals surface area contributed by atoms with Crippen molar-refractivity contribution in [1.29, 1.82) is 0 Å². The molecule has 6 heteroatoms. The van der Waals surface area contributed by atoms with Gasteiger partial charge < -0.3 is 15.0 Å². The first kappa shape index (κ1) is 20.6. The number of anilines is 2. The number of nitrogens with zero attached hydrogens (tertiary/aromatic N) is 1. The van der Waals surface area contributed by atoms with Crippen LogP contribution in [-0.4, -0.2) is 30.9 Å². The van der Waals surface area contributed by atoms with E-state index in [1.54, 1.807) is 4.90 Å². The lowest BCUT2D eigenvalue weighted by Crippen LogP contribution is -2.28. The number of nitrogens with one attached hydrogen (secondary N) is 1. The van der Waals surface area contributed by atoms with Gasteiger partial charge in [-0.1, -0.05) is 36.8 Å². The second-order valence-corrected chi connectivity index (χ2v) is 7.40. The van der Waals surface area contributed by atoms with Gasteiger partial charge >= 0.3 is 5.97 Å². The zero-order chi connectivity index (χ0) is 21.0. The van der Waals surface area contributed by atoms with E-state index in [2.05, 4.69) is 12.2 Å². The fourth-order valence-electron chi connectivity index (χ4n) is 3.42. The van der Waals surface area contributed by atoms with Crippen LogP contribution in [0.2, 0.25) is 0 Å². The first-order valence-electron chi connectivity index (χ1n) is 9.80. The molecule has 1 saturated heterocycles. The quantitative estimate of drug-likeness (QED) is 0.762. The number of hydrogen-bond acceptors (Lipinski definition) is 4. The molecule has 0 saturated carbocycles. The Balaban J connectivity index is 1.52. The molecule has 2 amide bonds. The van der Waals surface area contributed by atoms with Gasteiger partial charge in [0, 0.05) is 24.3 Å². The van der Waals surface area contributed by atoms with Gasteiger partial charge in [-0.3, -0.25) is 14.4 Å². The van der Waals surface area contributed by atoms with E-state index in [4.69, 9.17) is 4.74 Å². The Bertz CT molecular complexity index is 921. The lowest BCUT2D eigenvalue weighted by atomic mass is 10.1. The van der Waals surface area contributed by atoms with E-state index in [0.717, 1.165) is 23.2 Å². The molecule has 29 heavy (non-hydrogen) atoms. The third-order valence-corrected chi connectivity index (χ3v) is 5.12. The molecule has 0 aliphatic carbocycles. The highest BCUT2D eigenvalue weighted by Gasteiger charge is 2.36. The fourth-order valence-corrected chi connectivity index (χ4v) is 3.42. The predicted molar refractivity (Wildman–Crippen MR) is 112 cm³/mol. The van der Waals surface area contributed by atoms with Crippen LogP contribution in [0.4, 0.5) is 11.4 Å². The van der Waals surface area contributed by atoms with Crippen molar-refractivity contribution in [2.24, 2.45) is 5.92 Å². The van der Waals surface area contributed by atoms with Crippen molar-refractivity contribution in [3.05, 3.63) is 59.2 Å². The number of rotatable bonds is 6. The number of carbonyl (C=O) groups is 3. The van der Waals surface area contributed by atoms with Crippen LogP contribution in [0.25, 0.3) is 0 Å². The summed E-state index contributed by atoms with van der Waals surface area (Å²) < 4.78 is 5.16. The summed E-state index contributed by atoms with van der Waals surface area (Å²) in [7, 11) is 0. The number of aryl methyl sites for hydroxylation is 3. The Morgan fingerprint density at radius 1 is 1.14 bits per heavy atom. The van der Waals surface area contributed by atoms with Crippen LogP contribution in [-0.2, 0) is 25.5 Å². The van der Waals surface area contributed by atoms with Gasteiger partial charge in [-0.2, -0.15) is 0 Å². The average molecular weight is 394 g/mol. The van der Waals surface area contributed by atoms with Crippen molar-refractivity contribution >= 4 is 29.2 Å². The lowest BCUT2D eigenvalue weighted by Gasteiger charge is -2.17. The van der Waals surface area contributed by atoms with E-state index >= 15 is 0 Å². The monoisotopic (exact) mass is 394 g/mol. The zero-order valence-corrected chi connectivity index (χ0v) is 17.0. The van der Waals surface area contributed by atoms with Gasteiger partial charge in [0.25, 0.3) is 5.91 Å². The first-order chi connectivity index (χ1) is 13.9. The van der Waals surface area contributed by atoms with E-state index in [-0.39, 0.29) is 25.5 Å². The summed E-state index contributed by atoms with van der Waals surface area (Å²) in [4.78, 5) is 38.4. The minimum atomic E-state index is -0.567. The number of carbonyl (C=O) groups excluding carboxylic acids is 3. The smallest absolute Gasteiger partial charge is 0.311 e. The number of amides is 2. The molecule has 1 aliphatic heterocycles. The van der Waals surface area contributed by atoms with Gasteiger partial charge in [-0.05, 0) is 49.6 Å². The molecule has 1 atom stereocenters. The molecule has 0 bridgehead atoms. The molecule has 1 N–H and O–H groups in total. The van der Waals surface area contributed by atoms with Crippen molar-refractivity contribution in [3.8, 4) is 0 Å². The van der Waals surface area contributed by atoms with Crippen LogP contribution in [0.3, 0.4) is 0 Å². The van der Waals surface area contributed by atoms with Gasteiger partial charge in [0.15, 0.2) is 6.61 Å². The molecular weight excluding hydrogens is 368 g/mol. The maximum Gasteiger partial charge on any atom is 0.311 e. The Morgan fingerprint density at radius 2 is 1.86 bits per heavy atom. The van der Waals surface area contributed by atoms with Crippen LogP contribution >= 0.6 is 0 Å². The molecule has 1 heterocycles. The molecular formula is C23H26N2O4. The number of esters is 1. The molecule has 1 aliphatic rings. The standard InChI is InChI=1S/C23H26N2O4/c1-4-17-6-8-19(9-7-17)25-13-18(12-22(25)27)23(28)29-14-21(26)24-20-10-5-15(2)11-16(20)3/h5-11,18H,4,12-14H2,1-3H3,(H,24,26). The minimum absolute atomic E-state index is 0.0903. The normalized spacial score (nSPS) is 16.0. The molecule has 6 nitrogen and oxygen atoms in total. The summed E-state index contributed by atoms with van der Waals surface area (Å²) in [5, 5.41) is 2.74. The van der Waals surface area contributed by atoms with Gasteiger partial charge in [0.05, 0.1) is 5.92 Å². The molecule has 0 spiro atoms. The Morgan fingerprint density at radius 3 is 2.52 bits per heavy atom. The predicted octanol–water partition coefficient (Wildman–Crippen LogP) is 3.40. The largest absolute Gasteiger partial charge is 0.455 e. The number of hydrogen-bond donors (Lipinski definition) is 1. The van der Waals surface area contributed by atoms with Crippen molar-refractivity contribution in [1.82, 2.24) is 0 Å². The second kappa shape index (κ2) is 8.90. The topological polar surface area (TPSA) is 75.7 Å². The summed E-state index contributed by atoms with van der Waals surface area (Å²) in [6.07, 6.45) is 1.01. The van der Waals surface area contributed by atoms with Crippen molar-refractivity contribution in [2.75, 3.05) is 23.4 Å². The highest BCUT2D eigenvalue weighted by Crippen LogP contribution is 2.26. The highest BCUT2D eigenvalue weighted by atomic mass is 16.5. The molecule has 1 fully saturated rings. The molecule has 0 radical (unpaired) electrons. The van der Waals surface area contributed by atoms with Gasteiger partial charge in [-0.25, -0.2) is 0 Å². The number of benzene rings is 2. The molecule has 3 rings (SSSR count). The summed E-state index contributed by atoms with van der Waals surface area (Å²) in [6.45, 7) is 5.84. The Hall–Kier alpha value is -3.15. The fraction of sp³-hybridized carbons (Fsp3) is 0.348. The summed E-state index contributed by atoms with van der Waals surface area (Å²) in [6, 6.07) is 13.4. The third kappa shape index (κ3) is 5.02. The van der Waals surface area contributed by atoms with Crippen LogP contribution in [0.1, 0.15) is 30.0 Å². The maximum atomic E-state index is 12.4. The van der Waals surface area contributed by atoms with Crippen LogP contribution in [0.15, 0.2) is 42.5 Å². The zero-order valence-electron chi connectivity index (χ0n) is 17.0.